The van der Waals surface area contributed by atoms with Crippen LogP contribution in [0, 0.1) is 6.92 Å². The van der Waals surface area contributed by atoms with Gasteiger partial charge in [0.05, 0.1) is 6.61 Å². The Morgan fingerprint density at radius 1 is 1.06 bits per heavy atom. The second-order valence-corrected chi connectivity index (χ2v) is 7.97. The Labute approximate surface area is 194 Å². The number of ether oxygens (including phenoxy) is 3. The number of hydrogen-bond donors (Lipinski definition) is 0. The zero-order chi connectivity index (χ0) is 23.0. The maximum atomic E-state index is 13.1. The topological polar surface area (TPSA) is 73.8 Å². The summed E-state index contributed by atoms with van der Waals surface area (Å²) >= 11 is 0. The van der Waals surface area contributed by atoms with Crippen molar-refractivity contribution in [3.8, 4) is 17.4 Å². The first kappa shape index (κ1) is 22.6. The van der Waals surface area contributed by atoms with Crippen LogP contribution in [0.25, 0.3) is 0 Å². The average molecular weight is 448 g/mol. The highest BCUT2D eigenvalue weighted by Gasteiger charge is 2.25. The number of aromatic nitrogens is 2. The molecular weight excluding hydrogens is 418 g/mol. The fourth-order valence-electron chi connectivity index (χ4n) is 3.79. The first-order valence-electron chi connectivity index (χ1n) is 11.3. The van der Waals surface area contributed by atoms with Crippen molar-refractivity contribution >= 4 is 5.91 Å². The average Bonchev–Trinajstić information content (AvgIpc) is 2.84. The highest BCUT2D eigenvalue weighted by molar-refractivity contribution is 5.95. The van der Waals surface area contributed by atoms with Crippen LogP contribution in [0.2, 0.25) is 0 Å². The summed E-state index contributed by atoms with van der Waals surface area (Å²) in [5.41, 5.74) is 2.48. The van der Waals surface area contributed by atoms with Crippen LogP contribution in [-0.2, 0) is 6.61 Å². The van der Waals surface area contributed by atoms with Gasteiger partial charge in [0, 0.05) is 61.2 Å². The van der Waals surface area contributed by atoms with E-state index in [1.807, 2.05) is 49.1 Å². The van der Waals surface area contributed by atoms with Gasteiger partial charge in [0.2, 0.25) is 5.88 Å². The molecule has 0 spiro atoms. The van der Waals surface area contributed by atoms with E-state index in [4.69, 9.17) is 14.2 Å². The molecule has 1 aromatic carbocycles. The maximum Gasteiger partial charge on any atom is 0.253 e. The van der Waals surface area contributed by atoms with E-state index < -0.39 is 0 Å². The van der Waals surface area contributed by atoms with Gasteiger partial charge in [-0.15, -0.1) is 0 Å². The fraction of sp³-hybridized carbons (Fsp3) is 0.346. The molecule has 33 heavy (non-hydrogen) atoms. The largest absolute Gasteiger partial charge is 0.490 e. The van der Waals surface area contributed by atoms with Crippen molar-refractivity contribution in [2.45, 2.75) is 39.4 Å². The SMILES string of the molecule is CCOc1cc(C(=O)N2CCC(Oc3cccc(C)n3)CC2)ccc1OCc1cccnc1. The number of carbonyl (C=O) groups is 1. The number of nitrogens with zero attached hydrogens (tertiary/aromatic N) is 3. The van der Waals surface area contributed by atoms with E-state index in [-0.39, 0.29) is 12.0 Å². The number of likely N-dealkylation sites (tertiary alicyclic amines) is 1. The molecule has 1 fully saturated rings. The molecule has 0 aliphatic carbocycles. The number of carbonyl (C=O) groups excluding carboxylic acids is 1. The Bertz CT molecular complexity index is 1070. The molecule has 7 heteroatoms. The molecule has 0 bridgehead atoms. The minimum atomic E-state index is -0.0121. The van der Waals surface area contributed by atoms with Gasteiger partial charge < -0.3 is 19.1 Å². The Kier molecular flexibility index (Phi) is 7.40. The smallest absolute Gasteiger partial charge is 0.253 e. The van der Waals surface area contributed by atoms with Crippen LogP contribution >= 0.6 is 0 Å². The van der Waals surface area contributed by atoms with Crippen LogP contribution in [0.1, 0.15) is 41.4 Å². The molecule has 0 atom stereocenters. The summed E-state index contributed by atoms with van der Waals surface area (Å²) < 4.78 is 17.7. The standard InChI is InChI=1S/C26H29N3O4/c1-3-31-24-16-21(9-10-23(24)32-18-20-7-5-13-27-17-20)26(30)29-14-11-22(12-15-29)33-25-8-4-6-19(2)28-25/h4-10,13,16-17,22H,3,11-12,14-15,18H2,1-2H3. The number of hydrogen-bond acceptors (Lipinski definition) is 6. The molecule has 172 valence electrons. The number of amides is 1. The van der Waals surface area contributed by atoms with E-state index >= 15 is 0 Å². The molecule has 1 aliphatic rings. The number of rotatable bonds is 8. The van der Waals surface area contributed by atoms with E-state index in [1.54, 1.807) is 30.6 Å². The first-order chi connectivity index (χ1) is 16.1. The van der Waals surface area contributed by atoms with E-state index in [0.717, 1.165) is 24.1 Å². The van der Waals surface area contributed by atoms with Gasteiger partial charge in [-0.3, -0.25) is 9.78 Å². The summed E-state index contributed by atoms with van der Waals surface area (Å²) in [6.45, 7) is 5.99. The van der Waals surface area contributed by atoms with Crippen molar-refractivity contribution < 1.29 is 19.0 Å². The lowest BCUT2D eigenvalue weighted by molar-refractivity contribution is 0.0587. The number of piperidine rings is 1. The van der Waals surface area contributed by atoms with Gasteiger partial charge in [0.15, 0.2) is 11.5 Å². The summed E-state index contributed by atoms with van der Waals surface area (Å²) in [5, 5.41) is 0. The van der Waals surface area contributed by atoms with E-state index in [0.29, 0.717) is 49.2 Å². The molecule has 7 nitrogen and oxygen atoms in total. The second kappa shape index (κ2) is 10.8. The second-order valence-electron chi connectivity index (χ2n) is 7.97. The third kappa shape index (κ3) is 6.00. The number of aryl methyl sites for hydroxylation is 1. The zero-order valence-electron chi connectivity index (χ0n) is 19.1. The summed E-state index contributed by atoms with van der Waals surface area (Å²) in [6.07, 6.45) is 5.09. The predicted octanol–water partition coefficient (Wildman–Crippen LogP) is 4.45. The van der Waals surface area contributed by atoms with Gasteiger partial charge >= 0.3 is 0 Å². The van der Waals surface area contributed by atoms with Crippen LogP contribution in [0.3, 0.4) is 0 Å². The van der Waals surface area contributed by atoms with Gasteiger partial charge in [-0.1, -0.05) is 12.1 Å². The third-order valence-corrected chi connectivity index (χ3v) is 5.49. The molecule has 0 unspecified atom stereocenters. The molecule has 4 rings (SSSR count). The summed E-state index contributed by atoms with van der Waals surface area (Å²) in [4.78, 5) is 23.5. The number of pyridine rings is 2. The van der Waals surface area contributed by atoms with Crippen molar-refractivity contribution in [3.05, 3.63) is 77.7 Å². The lowest BCUT2D eigenvalue weighted by Crippen LogP contribution is -2.41. The Morgan fingerprint density at radius 2 is 1.91 bits per heavy atom. The Balaban J connectivity index is 1.37. The molecule has 1 saturated heterocycles. The van der Waals surface area contributed by atoms with Crippen LogP contribution in [0.5, 0.6) is 17.4 Å². The minimum Gasteiger partial charge on any atom is -0.490 e. The molecule has 0 saturated carbocycles. The van der Waals surface area contributed by atoms with E-state index in [2.05, 4.69) is 9.97 Å². The highest BCUT2D eigenvalue weighted by atomic mass is 16.5. The number of benzene rings is 1. The molecule has 0 N–H and O–H groups in total. The quantitative estimate of drug-likeness (QED) is 0.508. The van der Waals surface area contributed by atoms with Crippen molar-refractivity contribution in [2.24, 2.45) is 0 Å². The Hall–Kier alpha value is -3.61. The van der Waals surface area contributed by atoms with Gasteiger partial charge in [-0.25, -0.2) is 4.98 Å². The summed E-state index contributed by atoms with van der Waals surface area (Å²) in [6, 6.07) is 14.9. The van der Waals surface area contributed by atoms with Crippen molar-refractivity contribution in [2.75, 3.05) is 19.7 Å². The van der Waals surface area contributed by atoms with Gasteiger partial charge in [-0.05, 0) is 44.2 Å². The summed E-state index contributed by atoms with van der Waals surface area (Å²) in [5.74, 6) is 1.80. The normalized spacial score (nSPS) is 14.1. The van der Waals surface area contributed by atoms with Crippen LogP contribution in [0.4, 0.5) is 0 Å². The molecule has 3 heterocycles. The maximum absolute atomic E-state index is 13.1. The summed E-state index contributed by atoms with van der Waals surface area (Å²) in [7, 11) is 0. The highest BCUT2D eigenvalue weighted by Crippen LogP contribution is 2.30. The van der Waals surface area contributed by atoms with E-state index in [1.165, 1.54) is 0 Å². The predicted molar refractivity (Wildman–Crippen MR) is 125 cm³/mol. The van der Waals surface area contributed by atoms with E-state index in [9.17, 15) is 4.79 Å². The third-order valence-electron chi connectivity index (χ3n) is 5.49. The monoisotopic (exact) mass is 447 g/mol. The lowest BCUT2D eigenvalue weighted by Gasteiger charge is -2.32. The van der Waals surface area contributed by atoms with Gasteiger partial charge in [0.25, 0.3) is 5.91 Å². The fourth-order valence-corrected chi connectivity index (χ4v) is 3.79. The Morgan fingerprint density at radius 3 is 2.64 bits per heavy atom. The first-order valence-corrected chi connectivity index (χ1v) is 11.3. The van der Waals surface area contributed by atoms with Gasteiger partial charge in [0.1, 0.15) is 12.7 Å². The van der Waals surface area contributed by atoms with Crippen molar-refractivity contribution in [3.63, 3.8) is 0 Å². The molecule has 1 aliphatic heterocycles. The lowest BCUT2D eigenvalue weighted by atomic mass is 10.1. The molecule has 0 radical (unpaired) electrons. The van der Waals surface area contributed by atoms with Crippen LogP contribution < -0.4 is 14.2 Å². The molecule has 3 aromatic rings. The van der Waals surface area contributed by atoms with Crippen LogP contribution in [-0.4, -0.2) is 46.6 Å². The minimum absolute atomic E-state index is 0.0121. The van der Waals surface area contributed by atoms with Crippen LogP contribution in [0.15, 0.2) is 60.9 Å². The molecular formula is C26H29N3O4. The van der Waals surface area contributed by atoms with Crippen molar-refractivity contribution in [1.82, 2.24) is 14.9 Å². The van der Waals surface area contributed by atoms with Gasteiger partial charge in [-0.2, -0.15) is 0 Å². The zero-order valence-corrected chi connectivity index (χ0v) is 19.1. The van der Waals surface area contributed by atoms with Crippen molar-refractivity contribution in [1.29, 1.82) is 0 Å². The molecule has 1 amide bonds. The molecule has 2 aromatic heterocycles.